The summed E-state index contributed by atoms with van der Waals surface area (Å²) >= 11 is 0. The van der Waals surface area contributed by atoms with Crippen LogP contribution in [0.1, 0.15) is 27.7 Å². The molecule has 0 aromatic heterocycles. The third-order valence-corrected chi connectivity index (χ3v) is 2.56. The van der Waals surface area contributed by atoms with E-state index in [2.05, 4.69) is 0 Å². The first kappa shape index (κ1) is 13.4. The van der Waals surface area contributed by atoms with Crippen molar-refractivity contribution >= 4 is 5.97 Å². The number of rotatable bonds is 6. The Labute approximate surface area is 85.9 Å². The Hall–Kier alpha value is -0.610. The number of ether oxygens (including phenoxy) is 1. The van der Waals surface area contributed by atoms with Crippen molar-refractivity contribution in [1.29, 1.82) is 0 Å². The van der Waals surface area contributed by atoms with Crippen molar-refractivity contribution < 1.29 is 14.6 Å². The highest BCUT2D eigenvalue weighted by atomic mass is 16.5. The third kappa shape index (κ3) is 4.07. The molecule has 0 aromatic rings. The molecule has 0 aliphatic heterocycles. The molecule has 84 valence electrons. The van der Waals surface area contributed by atoms with Crippen LogP contribution in [0.15, 0.2) is 0 Å². The van der Waals surface area contributed by atoms with E-state index < -0.39 is 5.97 Å². The molecule has 14 heavy (non-hydrogen) atoms. The zero-order valence-electron chi connectivity index (χ0n) is 9.65. The Morgan fingerprint density at radius 3 is 2.14 bits per heavy atom. The largest absolute Gasteiger partial charge is 0.480 e. The van der Waals surface area contributed by atoms with Crippen LogP contribution in [-0.2, 0) is 9.53 Å². The molecule has 0 heterocycles. The van der Waals surface area contributed by atoms with Gasteiger partial charge in [0.05, 0.1) is 12.6 Å². The molecular weight excluding hydrogens is 182 g/mol. The minimum Gasteiger partial charge on any atom is -0.480 e. The van der Waals surface area contributed by atoms with Gasteiger partial charge in [-0.2, -0.15) is 0 Å². The first-order valence-corrected chi connectivity index (χ1v) is 4.90. The summed E-state index contributed by atoms with van der Waals surface area (Å²) in [5.74, 6) is -0.797. The van der Waals surface area contributed by atoms with Gasteiger partial charge < -0.3 is 9.84 Å². The standard InChI is InChI=1S/C10H21NO3/c1-7(2)11(6-10(12)13)8(3)9(4)14-5/h7-9H,6H2,1-5H3,(H,12,13). The highest BCUT2D eigenvalue weighted by molar-refractivity contribution is 5.69. The molecule has 4 nitrogen and oxygen atoms in total. The van der Waals surface area contributed by atoms with Crippen LogP contribution in [0.2, 0.25) is 0 Å². The van der Waals surface area contributed by atoms with Crippen LogP contribution in [0.3, 0.4) is 0 Å². The van der Waals surface area contributed by atoms with Gasteiger partial charge in [-0.1, -0.05) is 0 Å². The zero-order chi connectivity index (χ0) is 11.3. The normalized spacial score (nSPS) is 15.9. The summed E-state index contributed by atoms with van der Waals surface area (Å²) in [4.78, 5) is 12.6. The van der Waals surface area contributed by atoms with E-state index in [0.29, 0.717) is 0 Å². The molecular formula is C10H21NO3. The summed E-state index contributed by atoms with van der Waals surface area (Å²) in [5, 5.41) is 8.75. The van der Waals surface area contributed by atoms with Crippen molar-refractivity contribution in [3.63, 3.8) is 0 Å². The molecule has 0 aromatic carbocycles. The van der Waals surface area contributed by atoms with E-state index in [0.717, 1.165) is 0 Å². The predicted molar refractivity (Wildman–Crippen MR) is 55.4 cm³/mol. The molecule has 0 rings (SSSR count). The van der Waals surface area contributed by atoms with Gasteiger partial charge in [-0.3, -0.25) is 9.69 Å². The number of nitrogens with zero attached hydrogens (tertiary/aromatic N) is 1. The Kier molecular flexibility index (Phi) is 5.72. The van der Waals surface area contributed by atoms with E-state index in [4.69, 9.17) is 9.84 Å². The molecule has 0 amide bonds. The Morgan fingerprint density at radius 1 is 1.36 bits per heavy atom. The highest BCUT2D eigenvalue weighted by Crippen LogP contribution is 2.10. The molecule has 2 atom stereocenters. The van der Waals surface area contributed by atoms with Crippen LogP contribution >= 0.6 is 0 Å². The lowest BCUT2D eigenvalue weighted by Gasteiger charge is -2.34. The van der Waals surface area contributed by atoms with Crippen molar-refractivity contribution in [2.75, 3.05) is 13.7 Å². The summed E-state index contributed by atoms with van der Waals surface area (Å²) in [6, 6.07) is 0.315. The number of aliphatic carboxylic acids is 1. The first-order chi connectivity index (χ1) is 6.40. The lowest BCUT2D eigenvalue weighted by atomic mass is 10.1. The van der Waals surface area contributed by atoms with Gasteiger partial charge in [-0.05, 0) is 27.7 Å². The van der Waals surface area contributed by atoms with E-state index in [1.165, 1.54) is 0 Å². The number of methoxy groups -OCH3 is 1. The predicted octanol–water partition coefficient (Wildman–Crippen LogP) is 1.20. The fraction of sp³-hybridized carbons (Fsp3) is 0.900. The number of carboxylic acid groups (broad SMARTS) is 1. The zero-order valence-corrected chi connectivity index (χ0v) is 9.65. The summed E-state index contributed by atoms with van der Waals surface area (Å²) in [7, 11) is 1.64. The van der Waals surface area contributed by atoms with Crippen molar-refractivity contribution in [2.24, 2.45) is 0 Å². The Morgan fingerprint density at radius 2 is 1.86 bits per heavy atom. The molecule has 0 saturated carbocycles. The van der Waals surface area contributed by atoms with Gasteiger partial charge in [0.1, 0.15) is 0 Å². The molecule has 0 spiro atoms. The van der Waals surface area contributed by atoms with Crippen LogP contribution in [0.25, 0.3) is 0 Å². The fourth-order valence-corrected chi connectivity index (χ4v) is 1.42. The van der Waals surface area contributed by atoms with Gasteiger partial charge in [-0.25, -0.2) is 0 Å². The second-order valence-corrected chi connectivity index (χ2v) is 3.84. The van der Waals surface area contributed by atoms with Crippen molar-refractivity contribution in [1.82, 2.24) is 4.90 Å². The average Bonchev–Trinajstić information content (AvgIpc) is 2.11. The smallest absolute Gasteiger partial charge is 0.317 e. The molecule has 4 heteroatoms. The van der Waals surface area contributed by atoms with Crippen LogP contribution in [-0.4, -0.2) is 47.8 Å². The van der Waals surface area contributed by atoms with Crippen molar-refractivity contribution in [2.45, 2.75) is 45.9 Å². The van der Waals surface area contributed by atoms with Crippen LogP contribution in [0.4, 0.5) is 0 Å². The number of hydrogen-bond acceptors (Lipinski definition) is 3. The molecule has 0 fully saturated rings. The van der Waals surface area contributed by atoms with Crippen LogP contribution in [0.5, 0.6) is 0 Å². The second kappa shape index (κ2) is 5.98. The van der Waals surface area contributed by atoms with E-state index in [1.807, 2.05) is 32.6 Å². The molecule has 0 bridgehead atoms. The van der Waals surface area contributed by atoms with E-state index in [1.54, 1.807) is 7.11 Å². The van der Waals surface area contributed by atoms with Gasteiger partial charge in [0.25, 0.3) is 0 Å². The van der Waals surface area contributed by atoms with Gasteiger partial charge in [0, 0.05) is 19.2 Å². The maximum absolute atomic E-state index is 10.6. The fourth-order valence-electron chi connectivity index (χ4n) is 1.42. The average molecular weight is 203 g/mol. The number of hydrogen-bond donors (Lipinski definition) is 1. The molecule has 0 radical (unpaired) electrons. The summed E-state index contributed by atoms with van der Waals surface area (Å²) in [6.45, 7) is 7.97. The second-order valence-electron chi connectivity index (χ2n) is 3.84. The lowest BCUT2D eigenvalue weighted by molar-refractivity contribution is -0.140. The quantitative estimate of drug-likeness (QED) is 0.705. The van der Waals surface area contributed by atoms with E-state index in [-0.39, 0.29) is 24.7 Å². The first-order valence-electron chi connectivity index (χ1n) is 4.90. The molecule has 0 saturated heterocycles. The molecule has 2 unspecified atom stereocenters. The monoisotopic (exact) mass is 203 g/mol. The summed E-state index contributed by atoms with van der Waals surface area (Å²) < 4.78 is 5.19. The maximum Gasteiger partial charge on any atom is 0.317 e. The van der Waals surface area contributed by atoms with Crippen molar-refractivity contribution in [3.8, 4) is 0 Å². The van der Waals surface area contributed by atoms with Crippen LogP contribution in [0, 0.1) is 0 Å². The number of carboxylic acids is 1. The van der Waals surface area contributed by atoms with Crippen molar-refractivity contribution in [3.05, 3.63) is 0 Å². The molecule has 0 aliphatic rings. The molecule has 0 aliphatic carbocycles. The number of carbonyl (C=O) groups is 1. The summed E-state index contributed by atoms with van der Waals surface area (Å²) in [5.41, 5.74) is 0. The topological polar surface area (TPSA) is 49.8 Å². The summed E-state index contributed by atoms with van der Waals surface area (Å²) in [6.07, 6.45) is 0.0387. The minimum atomic E-state index is -0.797. The van der Waals surface area contributed by atoms with E-state index >= 15 is 0 Å². The molecule has 1 N–H and O–H groups in total. The Bertz CT molecular complexity index is 182. The van der Waals surface area contributed by atoms with Gasteiger partial charge in [0.2, 0.25) is 0 Å². The lowest BCUT2D eigenvalue weighted by Crippen LogP contribution is -2.47. The Balaban J connectivity index is 4.40. The van der Waals surface area contributed by atoms with E-state index in [9.17, 15) is 4.79 Å². The minimum absolute atomic E-state index is 0.0387. The van der Waals surface area contributed by atoms with Gasteiger partial charge >= 0.3 is 5.97 Å². The van der Waals surface area contributed by atoms with Crippen LogP contribution < -0.4 is 0 Å². The third-order valence-electron chi connectivity index (χ3n) is 2.56. The van der Waals surface area contributed by atoms with Gasteiger partial charge in [-0.15, -0.1) is 0 Å². The van der Waals surface area contributed by atoms with Gasteiger partial charge in [0.15, 0.2) is 0 Å². The highest BCUT2D eigenvalue weighted by Gasteiger charge is 2.24. The SMILES string of the molecule is COC(C)C(C)N(CC(=O)O)C(C)C. The maximum atomic E-state index is 10.6.